The molecule has 0 spiro atoms. The van der Waals surface area contributed by atoms with Crippen molar-refractivity contribution in [1.29, 1.82) is 0 Å². The van der Waals surface area contributed by atoms with Crippen molar-refractivity contribution < 1.29 is 4.74 Å². The summed E-state index contributed by atoms with van der Waals surface area (Å²) in [4.78, 5) is 8.59. The number of fused-ring (bicyclic) bond motifs is 1. The molecule has 2 aromatic heterocycles. The van der Waals surface area contributed by atoms with Gasteiger partial charge in [-0.2, -0.15) is 0 Å². The Hall–Kier alpha value is -3.05. The average molecular weight is 365 g/mol. The number of benzene rings is 2. The van der Waals surface area contributed by atoms with Crippen LogP contribution in [-0.4, -0.2) is 21.6 Å². The smallest absolute Gasteiger partial charge is 0.121 e. The summed E-state index contributed by atoms with van der Waals surface area (Å²) in [6.07, 6.45) is 5.39. The van der Waals surface area contributed by atoms with Gasteiger partial charge in [0, 0.05) is 46.7 Å². The molecular weight excluding hydrogens is 348 g/mol. The fourth-order valence-electron chi connectivity index (χ4n) is 2.96. The van der Waals surface area contributed by atoms with Gasteiger partial charge >= 0.3 is 0 Å². The lowest BCUT2D eigenvalue weighted by atomic mass is 10.1. The number of nitrogens with one attached hydrogen (secondary N) is 1. The van der Waals surface area contributed by atoms with E-state index in [1.165, 1.54) is 0 Å². The Morgan fingerprint density at radius 1 is 1.12 bits per heavy atom. The van der Waals surface area contributed by atoms with Crippen LogP contribution in [0, 0.1) is 0 Å². The summed E-state index contributed by atoms with van der Waals surface area (Å²) in [6, 6.07) is 13.6. The first kappa shape index (κ1) is 16.4. The van der Waals surface area contributed by atoms with Gasteiger partial charge in [0.25, 0.3) is 0 Å². The lowest BCUT2D eigenvalue weighted by Crippen LogP contribution is -1.96. The van der Waals surface area contributed by atoms with Crippen molar-refractivity contribution in [1.82, 2.24) is 14.5 Å². The van der Waals surface area contributed by atoms with Crippen LogP contribution in [0.3, 0.4) is 0 Å². The van der Waals surface area contributed by atoms with E-state index in [9.17, 15) is 0 Å². The molecule has 26 heavy (non-hydrogen) atoms. The molecule has 0 saturated heterocycles. The second kappa shape index (κ2) is 6.69. The number of hydrogen-bond acceptors (Lipinski definition) is 4. The summed E-state index contributed by atoms with van der Waals surface area (Å²) >= 11 is 6.17. The fraction of sp³-hybridized carbons (Fsp3) is 0.100. The molecule has 2 heterocycles. The quantitative estimate of drug-likeness (QED) is 0.551. The maximum Gasteiger partial charge on any atom is 0.121 e. The molecule has 0 bridgehead atoms. The number of aromatic nitrogens is 3. The summed E-state index contributed by atoms with van der Waals surface area (Å²) < 4.78 is 7.45. The van der Waals surface area contributed by atoms with E-state index < -0.39 is 0 Å². The number of aryl methyl sites for hydroxylation is 1. The van der Waals surface area contributed by atoms with E-state index in [-0.39, 0.29) is 0 Å². The average Bonchev–Trinajstić information content (AvgIpc) is 3.08. The molecule has 0 atom stereocenters. The lowest BCUT2D eigenvalue weighted by molar-refractivity contribution is 0.415. The number of methoxy groups -OCH3 is 1. The molecule has 1 N–H and O–H groups in total. The van der Waals surface area contributed by atoms with E-state index in [0.29, 0.717) is 5.02 Å². The highest BCUT2D eigenvalue weighted by atomic mass is 35.5. The minimum absolute atomic E-state index is 0.676. The zero-order valence-corrected chi connectivity index (χ0v) is 15.2. The standard InChI is InChI=1S/C20H17ClN4O/c1-25-12-22-11-20(25)13-7-15(10-16(8-13)26-2)24-19-5-6-23-18-4-3-14(21)9-17(18)19/h3-12H,1-2H3,(H,23,24). The van der Waals surface area contributed by atoms with Gasteiger partial charge in [0.2, 0.25) is 0 Å². The molecule has 4 rings (SSSR count). The van der Waals surface area contributed by atoms with Crippen LogP contribution in [-0.2, 0) is 7.05 Å². The van der Waals surface area contributed by atoms with Crippen LogP contribution in [0.4, 0.5) is 11.4 Å². The van der Waals surface area contributed by atoms with Gasteiger partial charge in [-0.1, -0.05) is 11.6 Å². The van der Waals surface area contributed by atoms with Gasteiger partial charge in [-0.15, -0.1) is 0 Å². The highest BCUT2D eigenvalue weighted by molar-refractivity contribution is 6.31. The Kier molecular flexibility index (Phi) is 4.22. The number of hydrogen-bond donors (Lipinski definition) is 1. The maximum atomic E-state index is 6.17. The number of pyridine rings is 1. The molecule has 5 nitrogen and oxygen atoms in total. The van der Waals surface area contributed by atoms with Gasteiger partial charge < -0.3 is 14.6 Å². The number of nitrogens with zero attached hydrogens (tertiary/aromatic N) is 3. The Labute approximate surface area is 156 Å². The third-order valence-electron chi connectivity index (χ3n) is 4.24. The first-order valence-electron chi connectivity index (χ1n) is 8.11. The van der Waals surface area contributed by atoms with E-state index in [2.05, 4.69) is 21.4 Å². The lowest BCUT2D eigenvalue weighted by Gasteiger charge is -2.13. The molecule has 0 radical (unpaired) electrons. The molecular formula is C20H17ClN4O. The molecule has 6 heteroatoms. The molecule has 0 amide bonds. The van der Waals surface area contributed by atoms with Crippen LogP contribution in [0.25, 0.3) is 22.2 Å². The topological polar surface area (TPSA) is 52.0 Å². The Morgan fingerprint density at radius 3 is 2.77 bits per heavy atom. The summed E-state index contributed by atoms with van der Waals surface area (Å²) in [5.74, 6) is 0.766. The molecule has 0 aliphatic heterocycles. The summed E-state index contributed by atoms with van der Waals surface area (Å²) in [5.41, 5.74) is 4.75. The van der Waals surface area contributed by atoms with Gasteiger partial charge in [-0.05, 0) is 36.4 Å². The normalized spacial score (nSPS) is 10.9. The van der Waals surface area contributed by atoms with Crippen LogP contribution in [0.2, 0.25) is 5.02 Å². The number of halogens is 1. The van der Waals surface area contributed by atoms with Crippen molar-refractivity contribution in [2.75, 3.05) is 12.4 Å². The SMILES string of the molecule is COc1cc(Nc2ccnc3ccc(Cl)cc23)cc(-c2cncn2C)c1. The summed E-state index contributed by atoms with van der Waals surface area (Å²) in [7, 11) is 3.63. The molecule has 4 aromatic rings. The molecule has 0 saturated carbocycles. The minimum Gasteiger partial charge on any atom is -0.497 e. The van der Waals surface area contributed by atoms with E-state index in [1.54, 1.807) is 19.6 Å². The van der Waals surface area contributed by atoms with Crippen LogP contribution in [0.15, 0.2) is 61.2 Å². The fourth-order valence-corrected chi connectivity index (χ4v) is 3.13. The van der Waals surface area contributed by atoms with Gasteiger partial charge in [-0.25, -0.2) is 4.98 Å². The van der Waals surface area contributed by atoms with Gasteiger partial charge in [0.05, 0.1) is 30.8 Å². The minimum atomic E-state index is 0.676. The first-order chi connectivity index (χ1) is 12.6. The molecule has 130 valence electrons. The van der Waals surface area contributed by atoms with Crippen molar-refractivity contribution in [3.63, 3.8) is 0 Å². The highest BCUT2D eigenvalue weighted by Crippen LogP contribution is 2.32. The largest absolute Gasteiger partial charge is 0.497 e. The van der Waals surface area contributed by atoms with Crippen molar-refractivity contribution in [2.45, 2.75) is 0 Å². The summed E-state index contributed by atoms with van der Waals surface area (Å²) in [5, 5.41) is 5.10. The Balaban J connectivity index is 1.79. The van der Waals surface area contributed by atoms with Crippen molar-refractivity contribution in [2.24, 2.45) is 7.05 Å². The second-order valence-electron chi connectivity index (χ2n) is 5.98. The third-order valence-corrected chi connectivity index (χ3v) is 4.47. The zero-order valence-electron chi connectivity index (χ0n) is 14.4. The highest BCUT2D eigenvalue weighted by Gasteiger charge is 2.09. The van der Waals surface area contributed by atoms with Crippen molar-refractivity contribution in [3.05, 3.63) is 66.2 Å². The van der Waals surface area contributed by atoms with E-state index in [1.807, 2.05) is 54.2 Å². The van der Waals surface area contributed by atoms with Crippen LogP contribution in [0.1, 0.15) is 0 Å². The number of ether oxygens (including phenoxy) is 1. The van der Waals surface area contributed by atoms with Gasteiger partial charge in [0.1, 0.15) is 5.75 Å². The van der Waals surface area contributed by atoms with Crippen LogP contribution in [0.5, 0.6) is 5.75 Å². The number of imidazole rings is 1. The van der Waals surface area contributed by atoms with E-state index in [0.717, 1.165) is 39.3 Å². The van der Waals surface area contributed by atoms with Gasteiger partial charge in [0.15, 0.2) is 0 Å². The second-order valence-corrected chi connectivity index (χ2v) is 6.42. The van der Waals surface area contributed by atoms with Gasteiger partial charge in [-0.3, -0.25) is 4.98 Å². The molecule has 0 aliphatic rings. The maximum absolute atomic E-state index is 6.17. The molecule has 0 unspecified atom stereocenters. The first-order valence-corrected chi connectivity index (χ1v) is 8.49. The number of anilines is 2. The zero-order chi connectivity index (χ0) is 18.1. The predicted molar refractivity (Wildman–Crippen MR) is 105 cm³/mol. The van der Waals surface area contributed by atoms with Crippen LogP contribution < -0.4 is 10.1 Å². The Morgan fingerprint density at radius 2 is 2.00 bits per heavy atom. The molecule has 0 aliphatic carbocycles. The third kappa shape index (κ3) is 3.09. The molecule has 0 fully saturated rings. The Bertz CT molecular complexity index is 1090. The predicted octanol–water partition coefficient (Wildman–Crippen LogP) is 5.04. The van der Waals surface area contributed by atoms with Crippen molar-refractivity contribution >= 4 is 33.9 Å². The summed E-state index contributed by atoms with van der Waals surface area (Å²) in [6.45, 7) is 0. The van der Waals surface area contributed by atoms with E-state index in [4.69, 9.17) is 16.3 Å². The monoisotopic (exact) mass is 364 g/mol. The molecule has 2 aromatic carbocycles. The number of rotatable bonds is 4. The van der Waals surface area contributed by atoms with Crippen LogP contribution >= 0.6 is 11.6 Å². The van der Waals surface area contributed by atoms with E-state index >= 15 is 0 Å². The van der Waals surface area contributed by atoms with Crippen molar-refractivity contribution in [3.8, 4) is 17.0 Å².